The van der Waals surface area contributed by atoms with Gasteiger partial charge in [-0.15, -0.1) is 11.3 Å². The number of amides is 2. The van der Waals surface area contributed by atoms with E-state index in [0.717, 1.165) is 0 Å². The number of nitrogens with one attached hydrogen (secondary N) is 2. The highest BCUT2D eigenvalue weighted by Gasteiger charge is 2.15. The molecular formula is C19H16ClN3O3S. The number of carbonyl (C=O) groups excluding carboxylic acids is 2. The van der Waals surface area contributed by atoms with Crippen molar-refractivity contribution < 1.29 is 14.3 Å². The molecule has 0 bridgehead atoms. The second-order valence-corrected chi connectivity index (χ2v) is 6.83. The predicted molar refractivity (Wildman–Crippen MR) is 106 cm³/mol. The third-order valence-corrected chi connectivity index (χ3v) is 4.68. The van der Waals surface area contributed by atoms with E-state index in [1.165, 1.54) is 18.4 Å². The molecule has 0 aliphatic carbocycles. The first-order chi connectivity index (χ1) is 13.1. The SMILES string of the molecule is CNC(=O)c1ccccc1NC(=O)c1csc(COc2ccc(Cl)cc2)n1. The van der Waals surface area contributed by atoms with E-state index in [-0.39, 0.29) is 24.1 Å². The molecule has 2 aromatic carbocycles. The van der Waals surface area contributed by atoms with Crippen molar-refractivity contribution in [3.05, 3.63) is 75.2 Å². The minimum Gasteiger partial charge on any atom is -0.486 e. The fraction of sp³-hybridized carbons (Fsp3) is 0.105. The molecule has 138 valence electrons. The maximum absolute atomic E-state index is 12.4. The summed E-state index contributed by atoms with van der Waals surface area (Å²) in [6.07, 6.45) is 0. The summed E-state index contributed by atoms with van der Waals surface area (Å²) in [7, 11) is 1.54. The maximum atomic E-state index is 12.4. The highest BCUT2D eigenvalue weighted by Crippen LogP contribution is 2.20. The Labute approximate surface area is 165 Å². The number of benzene rings is 2. The van der Waals surface area contributed by atoms with Crippen molar-refractivity contribution in [2.75, 3.05) is 12.4 Å². The number of hydrogen-bond donors (Lipinski definition) is 2. The van der Waals surface area contributed by atoms with Crippen LogP contribution in [0.1, 0.15) is 25.9 Å². The third-order valence-electron chi connectivity index (χ3n) is 3.61. The fourth-order valence-corrected chi connectivity index (χ4v) is 3.08. The Kier molecular flexibility index (Phi) is 6.05. The van der Waals surface area contributed by atoms with Crippen LogP contribution in [0.3, 0.4) is 0 Å². The molecule has 0 saturated carbocycles. The summed E-state index contributed by atoms with van der Waals surface area (Å²) in [5.74, 6) is 0.00156. The Bertz CT molecular complexity index is 957. The Balaban J connectivity index is 1.65. The molecule has 0 aliphatic rings. The van der Waals surface area contributed by atoms with Crippen molar-refractivity contribution in [1.82, 2.24) is 10.3 Å². The van der Waals surface area contributed by atoms with E-state index in [1.807, 2.05) is 0 Å². The first kappa shape index (κ1) is 18.9. The highest BCUT2D eigenvalue weighted by atomic mass is 35.5. The maximum Gasteiger partial charge on any atom is 0.275 e. The van der Waals surface area contributed by atoms with Gasteiger partial charge in [-0.25, -0.2) is 4.98 Å². The quantitative estimate of drug-likeness (QED) is 0.654. The van der Waals surface area contributed by atoms with Gasteiger partial charge in [0.15, 0.2) is 0 Å². The van der Waals surface area contributed by atoms with E-state index >= 15 is 0 Å². The molecule has 2 amide bonds. The molecule has 0 unspecified atom stereocenters. The van der Waals surface area contributed by atoms with Crippen LogP contribution in [0.5, 0.6) is 5.75 Å². The van der Waals surface area contributed by atoms with Gasteiger partial charge in [0, 0.05) is 17.5 Å². The molecule has 1 aromatic heterocycles. The molecule has 0 aliphatic heterocycles. The van der Waals surface area contributed by atoms with Crippen molar-refractivity contribution >= 4 is 40.4 Å². The Morgan fingerprint density at radius 3 is 2.59 bits per heavy atom. The number of hydrogen-bond acceptors (Lipinski definition) is 5. The Morgan fingerprint density at radius 2 is 1.85 bits per heavy atom. The van der Waals surface area contributed by atoms with Gasteiger partial charge in [0.1, 0.15) is 23.1 Å². The van der Waals surface area contributed by atoms with E-state index in [2.05, 4.69) is 15.6 Å². The normalized spacial score (nSPS) is 10.3. The van der Waals surface area contributed by atoms with Crippen molar-refractivity contribution in [2.24, 2.45) is 0 Å². The molecule has 3 rings (SSSR count). The summed E-state index contributed by atoms with van der Waals surface area (Å²) in [4.78, 5) is 28.6. The summed E-state index contributed by atoms with van der Waals surface area (Å²) in [5, 5.41) is 8.22. The number of para-hydroxylation sites is 1. The Hall–Kier alpha value is -2.90. The number of carbonyl (C=O) groups is 2. The molecular weight excluding hydrogens is 386 g/mol. The molecule has 0 saturated heterocycles. The van der Waals surface area contributed by atoms with Gasteiger partial charge in [-0.1, -0.05) is 23.7 Å². The second-order valence-electron chi connectivity index (χ2n) is 5.45. The molecule has 0 radical (unpaired) electrons. The van der Waals surface area contributed by atoms with Gasteiger partial charge in [0.05, 0.1) is 11.3 Å². The molecule has 0 fully saturated rings. The number of thiazole rings is 1. The first-order valence-electron chi connectivity index (χ1n) is 8.02. The van der Waals surface area contributed by atoms with Gasteiger partial charge in [-0.3, -0.25) is 9.59 Å². The first-order valence-corrected chi connectivity index (χ1v) is 9.28. The zero-order valence-corrected chi connectivity index (χ0v) is 15.9. The molecule has 3 aromatic rings. The van der Waals surface area contributed by atoms with E-state index in [9.17, 15) is 9.59 Å². The molecule has 27 heavy (non-hydrogen) atoms. The van der Waals surface area contributed by atoms with Crippen molar-refractivity contribution in [3.8, 4) is 5.75 Å². The topological polar surface area (TPSA) is 80.3 Å². The minimum atomic E-state index is -0.389. The summed E-state index contributed by atoms with van der Waals surface area (Å²) in [6, 6.07) is 13.8. The molecule has 8 heteroatoms. The largest absolute Gasteiger partial charge is 0.486 e. The lowest BCUT2D eigenvalue weighted by Gasteiger charge is -2.08. The number of anilines is 1. The summed E-state index contributed by atoms with van der Waals surface area (Å²) >= 11 is 7.16. The minimum absolute atomic E-state index is 0.244. The fourth-order valence-electron chi connectivity index (χ4n) is 2.27. The van der Waals surface area contributed by atoms with Crippen LogP contribution in [-0.2, 0) is 6.61 Å². The highest BCUT2D eigenvalue weighted by molar-refractivity contribution is 7.09. The second kappa shape index (κ2) is 8.66. The van der Waals surface area contributed by atoms with Gasteiger partial charge < -0.3 is 15.4 Å². The van der Waals surface area contributed by atoms with Crippen molar-refractivity contribution in [2.45, 2.75) is 6.61 Å². The zero-order chi connectivity index (χ0) is 19.2. The number of ether oxygens (including phenoxy) is 1. The van der Waals surface area contributed by atoms with Crippen LogP contribution in [0, 0.1) is 0 Å². The number of rotatable bonds is 6. The van der Waals surface area contributed by atoms with Crippen molar-refractivity contribution in [3.63, 3.8) is 0 Å². The molecule has 0 atom stereocenters. The number of nitrogens with zero attached hydrogens (tertiary/aromatic N) is 1. The van der Waals surface area contributed by atoms with E-state index in [0.29, 0.717) is 27.0 Å². The van der Waals surface area contributed by atoms with Crippen molar-refractivity contribution in [1.29, 1.82) is 0 Å². The van der Waals surface area contributed by atoms with Gasteiger partial charge in [-0.2, -0.15) is 0 Å². The summed E-state index contributed by atoms with van der Waals surface area (Å²) in [6.45, 7) is 0.244. The number of halogens is 1. The molecule has 6 nitrogen and oxygen atoms in total. The van der Waals surface area contributed by atoms with Gasteiger partial charge in [-0.05, 0) is 36.4 Å². The predicted octanol–water partition coefficient (Wildman–Crippen LogP) is 3.99. The smallest absolute Gasteiger partial charge is 0.275 e. The van der Waals surface area contributed by atoms with Crippen LogP contribution in [0.15, 0.2) is 53.9 Å². The van der Waals surface area contributed by atoms with Gasteiger partial charge >= 0.3 is 0 Å². The van der Waals surface area contributed by atoms with E-state index in [4.69, 9.17) is 16.3 Å². The Morgan fingerprint density at radius 1 is 1.11 bits per heavy atom. The van der Waals surface area contributed by atoms with Crippen LogP contribution >= 0.6 is 22.9 Å². The standard InChI is InChI=1S/C19H16ClN3O3S/c1-21-18(24)14-4-2-3-5-15(14)23-19(25)16-11-27-17(22-16)10-26-13-8-6-12(20)7-9-13/h2-9,11H,10H2,1H3,(H,21,24)(H,23,25). The van der Waals surface area contributed by atoms with Gasteiger partial charge in [0.2, 0.25) is 0 Å². The lowest BCUT2D eigenvalue weighted by molar-refractivity contribution is 0.0964. The molecule has 0 spiro atoms. The average Bonchev–Trinajstić information content (AvgIpc) is 3.16. The lowest BCUT2D eigenvalue weighted by Crippen LogP contribution is -2.21. The molecule has 1 heterocycles. The van der Waals surface area contributed by atoms with Crippen LogP contribution in [0.4, 0.5) is 5.69 Å². The monoisotopic (exact) mass is 401 g/mol. The van der Waals surface area contributed by atoms with Crippen LogP contribution in [0.25, 0.3) is 0 Å². The average molecular weight is 402 g/mol. The molecule has 2 N–H and O–H groups in total. The number of aromatic nitrogens is 1. The third kappa shape index (κ3) is 4.84. The van der Waals surface area contributed by atoms with Crippen LogP contribution in [-0.4, -0.2) is 23.8 Å². The summed E-state index contributed by atoms with van der Waals surface area (Å²) < 4.78 is 5.63. The van der Waals surface area contributed by atoms with Crippen LogP contribution in [0.2, 0.25) is 5.02 Å². The summed E-state index contributed by atoms with van der Waals surface area (Å²) in [5.41, 5.74) is 1.07. The van der Waals surface area contributed by atoms with Gasteiger partial charge in [0.25, 0.3) is 11.8 Å². The van der Waals surface area contributed by atoms with E-state index < -0.39 is 0 Å². The zero-order valence-electron chi connectivity index (χ0n) is 14.4. The lowest BCUT2D eigenvalue weighted by atomic mass is 10.1. The van der Waals surface area contributed by atoms with E-state index in [1.54, 1.807) is 53.9 Å². The van der Waals surface area contributed by atoms with Crippen LogP contribution < -0.4 is 15.4 Å².